The molecule has 0 spiro atoms. The van der Waals surface area contributed by atoms with Crippen molar-refractivity contribution < 1.29 is 29.4 Å². The van der Waals surface area contributed by atoms with E-state index in [-0.39, 0.29) is 24.0 Å². The Morgan fingerprint density at radius 3 is 2.36 bits per heavy atom. The molecule has 39 heavy (non-hydrogen) atoms. The standard InChI is InChI=1S/C26H41N7O6/c1-15(2)13-19(31-22(35)18(27)5-3-11-30-26(28)29)24(37)33-12-4-6-21(33)23(36)32-20(25(38)39)14-16-7-9-17(34)10-8-16/h7-10,15,18-21,34H,3-6,11-14,27H2,1-2H3,(H,31,35)(H,32,36)(H,38,39)(H4,28,29,30). The first-order valence-corrected chi connectivity index (χ1v) is 13.1. The minimum Gasteiger partial charge on any atom is -0.508 e. The van der Waals surface area contributed by atoms with E-state index in [9.17, 15) is 29.4 Å². The van der Waals surface area contributed by atoms with Crippen LogP contribution in [-0.4, -0.2) is 82.0 Å². The summed E-state index contributed by atoms with van der Waals surface area (Å²) < 4.78 is 0. The van der Waals surface area contributed by atoms with Crippen molar-refractivity contribution in [1.82, 2.24) is 15.5 Å². The molecule has 10 N–H and O–H groups in total. The maximum Gasteiger partial charge on any atom is 0.326 e. The molecule has 0 aromatic heterocycles. The van der Waals surface area contributed by atoms with Crippen molar-refractivity contribution in [3.63, 3.8) is 0 Å². The predicted molar refractivity (Wildman–Crippen MR) is 145 cm³/mol. The van der Waals surface area contributed by atoms with Crippen LogP contribution >= 0.6 is 0 Å². The number of benzene rings is 1. The van der Waals surface area contributed by atoms with Crippen molar-refractivity contribution in [3.05, 3.63) is 29.8 Å². The molecule has 4 unspecified atom stereocenters. The van der Waals surface area contributed by atoms with Gasteiger partial charge in [-0.1, -0.05) is 26.0 Å². The van der Waals surface area contributed by atoms with Crippen molar-refractivity contribution in [2.75, 3.05) is 13.1 Å². The molecule has 1 aliphatic heterocycles. The zero-order valence-electron chi connectivity index (χ0n) is 22.5. The number of carboxylic acids is 1. The Hall–Kier alpha value is -3.87. The van der Waals surface area contributed by atoms with E-state index in [4.69, 9.17) is 17.2 Å². The Balaban J connectivity index is 2.07. The van der Waals surface area contributed by atoms with Crippen LogP contribution in [0.25, 0.3) is 0 Å². The van der Waals surface area contributed by atoms with Gasteiger partial charge < -0.3 is 42.9 Å². The number of carbonyl (C=O) groups excluding carboxylic acids is 3. The zero-order chi connectivity index (χ0) is 29.1. The maximum absolute atomic E-state index is 13.5. The Bertz CT molecular complexity index is 1030. The van der Waals surface area contributed by atoms with Gasteiger partial charge >= 0.3 is 5.97 Å². The zero-order valence-corrected chi connectivity index (χ0v) is 22.5. The largest absolute Gasteiger partial charge is 0.508 e. The van der Waals surface area contributed by atoms with E-state index >= 15 is 0 Å². The average molecular weight is 548 g/mol. The van der Waals surface area contributed by atoms with Crippen molar-refractivity contribution in [3.8, 4) is 5.75 Å². The van der Waals surface area contributed by atoms with Crippen LogP contribution in [0.15, 0.2) is 29.3 Å². The Kier molecular flexibility index (Phi) is 12.0. The van der Waals surface area contributed by atoms with E-state index < -0.39 is 47.9 Å². The maximum atomic E-state index is 13.5. The lowest BCUT2D eigenvalue weighted by Crippen LogP contribution is -2.57. The van der Waals surface area contributed by atoms with Crippen molar-refractivity contribution in [1.29, 1.82) is 0 Å². The highest BCUT2D eigenvalue weighted by atomic mass is 16.4. The number of carboxylic acid groups (broad SMARTS) is 1. The SMILES string of the molecule is CC(C)CC(NC(=O)C(N)CCCN=C(N)N)C(=O)N1CCCC1C(=O)NC(Cc1ccc(O)cc1)C(=O)O. The first-order chi connectivity index (χ1) is 18.4. The molecule has 4 atom stereocenters. The van der Waals surface area contributed by atoms with Crippen LogP contribution < -0.4 is 27.8 Å². The number of carbonyl (C=O) groups is 4. The molecule has 0 bridgehead atoms. The van der Waals surface area contributed by atoms with E-state index in [1.54, 1.807) is 12.1 Å². The van der Waals surface area contributed by atoms with Crippen LogP contribution in [0.4, 0.5) is 0 Å². The fourth-order valence-corrected chi connectivity index (χ4v) is 4.46. The minimum atomic E-state index is -1.22. The number of phenolic OH excluding ortho intramolecular Hbond substituents is 1. The van der Waals surface area contributed by atoms with Gasteiger partial charge in [-0.2, -0.15) is 0 Å². The van der Waals surface area contributed by atoms with Gasteiger partial charge in [0.25, 0.3) is 0 Å². The average Bonchev–Trinajstić information content (AvgIpc) is 3.36. The second kappa shape index (κ2) is 14.9. The summed E-state index contributed by atoms with van der Waals surface area (Å²) in [7, 11) is 0. The Morgan fingerprint density at radius 2 is 1.77 bits per heavy atom. The summed E-state index contributed by atoms with van der Waals surface area (Å²) in [4.78, 5) is 56.6. The summed E-state index contributed by atoms with van der Waals surface area (Å²) in [6.45, 7) is 4.46. The van der Waals surface area contributed by atoms with E-state index in [1.807, 2.05) is 13.8 Å². The first kappa shape index (κ1) is 31.3. The van der Waals surface area contributed by atoms with E-state index in [1.165, 1.54) is 17.0 Å². The van der Waals surface area contributed by atoms with E-state index in [0.29, 0.717) is 50.8 Å². The molecule has 1 fully saturated rings. The van der Waals surface area contributed by atoms with Gasteiger partial charge in [0, 0.05) is 19.5 Å². The minimum absolute atomic E-state index is 0.00905. The number of phenols is 1. The van der Waals surface area contributed by atoms with Crippen molar-refractivity contribution in [2.24, 2.45) is 28.1 Å². The van der Waals surface area contributed by atoms with Gasteiger partial charge in [0.1, 0.15) is 23.9 Å². The highest BCUT2D eigenvalue weighted by Crippen LogP contribution is 2.21. The molecule has 13 nitrogen and oxygen atoms in total. The van der Waals surface area contributed by atoms with Crippen LogP contribution in [0, 0.1) is 5.92 Å². The molecule has 0 saturated carbocycles. The number of hydrogen-bond donors (Lipinski definition) is 7. The molecular weight excluding hydrogens is 506 g/mol. The van der Waals surface area contributed by atoms with Gasteiger partial charge in [-0.15, -0.1) is 0 Å². The topological polar surface area (TPSA) is 226 Å². The van der Waals surface area contributed by atoms with Crippen molar-refractivity contribution >= 4 is 29.7 Å². The fraction of sp³-hybridized carbons (Fsp3) is 0.577. The molecular formula is C26H41N7O6. The molecule has 2 rings (SSSR count). The van der Waals surface area contributed by atoms with Gasteiger partial charge in [0.15, 0.2) is 5.96 Å². The Labute approximate surface area is 228 Å². The summed E-state index contributed by atoms with van der Waals surface area (Å²) in [5.41, 5.74) is 17.2. The van der Waals surface area contributed by atoms with Crippen LogP contribution in [0.2, 0.25) is 0 Å². The predicted octanol–water partition coefficient (Wildman–Crippen LogP) is -0.593. The lowest BCUT2D eigenvalue weighted by atomic mass is 10.0. The van der Waals surface area contributed by atoms with Gasteiger partial charge in [-0.05, 0) is 55.7 Å². The second-order valence-electron chi connectivity index (χ2n) is 10.2. The monoisotopic (exact) mass is 547 g/mol. The number of aliphatic imine (C=N–C) groups is 1. The number of nitrogens with zero attached hydrogens (tertiary/aromatic N) is 2. The third kappa shape index (κ3) is 10.1. The number of aromatic hydroxyl groups is 1. The summed E-state index contributed by atoms with van der Waals surface area (Å²) >= 11 is 0. The van der Waals surface area contributed by atoms with Crippen LogP contribution in [0.5, 0.6) is 5.75 Å². The van der Waals surface area contributed by atoms with E-state index in [0.717, 1.165) is 0 Å². The van der Waals surface area contributed by atoms with Crippen molar-refractivity contribution in [2.45, 2.75) is 76.5 Å². The summed E-state index contributed by atoms with van der Waals surface area (Å²) in [6, 6.07) is 2.19. The Morgan fingerprint density at radius 1 is 1.10 bits per heavy atom. The molecule has 0 radical (unpaired) electrons. The molecule has 0 aliphatic carbocycles. The molecule has 1 aliphatic rings. The number of aliphatic carboxylic acids is 1. The van der Waals surface area contributed by atoms with Gasteiger partial charge in [0.05, 0.1) is 6.04 Å². The summed E-state index contributed by atoms with van der Waals surface area (Å²) in [5.74, 6) is -2.62. The molecule has 1 saturated heterocycles. The lowest BCUT2D eigenvalue weighted by molar-refractivity contribution is -0.145. The third-order valence-corrected chi connectivity index (χ3v) is 6.46. The van der Waals surface area contributed by atoms with Gasteiger partial charge in [0.2, 0.25) is 17.7 Å². The molecule has 216 valence electrons. The normalized spacial score (nSPS) is 17.2. The van der Waals surface area contributed by atoms with Crippen LogP contribution in [0.3, 0.4) is 0 Å². The summed E-state index contributed by atoms with van der Waals surface area (Å²) in [5, 5.41) is 24.4. The number of nitrogens with two attached hydrogens (primary N) is 3. The number of nitrogens with one attached hydrogen (secondary N) is 2. The quantitative estimate of drug-likeness (QED) is 0.0895. The van der Waals surface area contributed by atoms with Crippen LogP contribution in [-0.2, 0) is 25.6 Å². The smallest absolute Gasteiger partial charge is 0.326 e. The number of rotatable bonds is 14. The second-order valence-corrected chi connectivity index (χ2v) is 10.2. The van der Waals surface area contributed by atoms with Gasteiger partial charge in [-0.3, -0.25) is 19.4 Å². The number of amides is 3. The lowest BCUT2D eigenvalue weighted by Gasteiger charge is -2.30. The number of guanidine groups is 1. The molecule has 1 aromatic rings. The molecule has 3 amide bonds. The molecule has 13 heteroatoms. The molecule has 1 heterocycles. The third-order valence-electron chi connectivity index (χ3n) is 6.46. The van der Waals surface area contributed by atoms with Crippen LogP contribution in [0.1, 0.15) is 51.5 Å². The van der Waals surface area contributed by atoms with E-state index in [2.05, 4.69) is 15.6 Å². The highest BCUT2D eigenvalue weighted by Gasteiger charge is 2.39. The number of likely N-dealkylation sites (tertiary alicyclic amines) is 1. The van der Waals surface area contributed by atoms with Gasteiger partial charge in [-0.25, -0.2) is 4.79 Å². The summed E-state index contributed by atoms with van der Waals surface area (Å²) in [6.07, 6.45) is 2.09. The highest BCUT2D eigenvalue weighted by molar-refractivity contribution is 5.94. The fourth-order valence-electron chi connectivity index (χ4n) is 4.46. The number of hydrogen-bond acceptors (Lipinski definition) is 7. The molecule has 1 aromatic carbocycles. The first-order valence-electron chi connectivity index (χ1n) is 13.1.